The molecule has 1 nitrogen and oxygen atoms in total. The highest BCUT2D eigenvalue weighted by Crippen LogP contribution is 2.36. The molecule has 0 bridgehead atoms. The lowest BCUT2D eigenvalue weighted by atomic mass is 10.1. The van der Waals surface area contributed by atoms with Crippen LogP contribution in [0.3, 0.4) is 0 Å². The summed E-state index contributed by atoms with van der Waals surface area (Å²) in [6.07, 6.45) is -1.01. The molecule has 1 N–H and O–H groups in total. The van der Waals surface area contributed by atoms with E-state index in [-0.39, 0.29) is 6.04 Å². The van der Waals surface area contributed by atoms with Crippen LogP contribution in [-0.2, 0) is 6.18 Å². The van der Waals surface area contributed by atoms with E-state index in [2.05, 4.69) is 28.2 Å². The number of rotatable bonds is 2. The Morgan fingerprint density at radius 1 is 1.28 bits per heavy atom. The predicted molar refractivity (Wildman–Crippen MR) is 69.6 cm³/mol. The number of hydrogen-bond donors (Lipinski definition) is 1. The minimum atomic E-state index is -4.29. The van der Waals surface area contributed by atoms with Crippen LogP contribution in [0.15, 0.2) is 22.7 Å². The van der Waals surface area contributed by atoms with Crippen LogP contribution in [0.5, 0.6) is 0 Å². The number of halogens is 4. The van der Waals surface area contributed by atoms with Crippen molar-refractivity contribution in [3.63, 3.8) is 0 Å². The first-order valence-electron chi connectivity index (χ1n) is 6.01. The third-order valence-electron chi connectivity index (χ3n) is 3.50. The topological polar surface area (TPSA) is 12.0 Å². The van der Waals surface area contributed by atoms with Gasteiger partial charge in [0.15, 0.2) is 0 Å². The molecule has 0 aromatic heterocycles. The summed E-state index contributed by atoms with van der Waals surface area (Å²) in [4.78, 5) is 0. The van der Waals surface area contributed by atoms with Crippen LogP contribution in [0, 0.1) is 5.92 Å². The molecule has 0 spiro atoms. The molecule has 100 valence electrons. The van der Waals surface area contributed by atoms with Crippen LogP contribution >= 0.6 is 15.9 Å². The molecule has 1 fully saturated rings. The minimum Gasteiger partial charge on any atom is -0.381 e. The van der Waals surface area contributed by atoms with Gasteiger partial charge in [-0.25, -0.2) is 0 Å². The molecule has 0 heterocycles. The quantitative estimate of drug-likeness (QED) is 0.802. The lowest BCUT2D eigenvalue weighted by Gasteiger charge is -2.20. The zero-order valence-electron chi connectivity index (χ0n) is 10.0. The summed E-state index contributed by atoms with van der Waals surface area (Å²) in [6.45, 7) is 2.13. The van der Waals surface area contributed by atoms with E-state index in [1.54, 1.807) is 0 Å². The average molecular weight is 322 g/mol. The largest absolute Gasteiger partial charge is 0.416 e. The van der Waals surface area contributed by atoms with E-state index in [1.165, 1.54) is 12.1 Å². The second kappa shape index (κ2) is 5.11. The lowest BCUT2D eigenvalue weighted by molar-refractivity contribution is -0.137. The van der Waals surface area contributed by atoms with Crippen LogP contribution in [0.1, 0.15) is 31.7 Å². The molecule has 0 radical (unpaired) electrons. The lowest BCUT2D eigenvalue weighted by Crippen LogP contribution is -2.22. The normalized spacial score (nSPS) is 24.3. The van der Waals surface area contributed by atoms with Gasteiger partial charge in [0, 0.05) is 16.2 Å². The minimum absolute atomic E-state index is 0.268. The van der Waals surface area contributed by atoms with Crippen molar-refractivity contribution in [3.05, 3.63) is 28.2 Å². The second-order valence-corrected chi connectivity index (χ2v) is 5.71. The van der Waals surface area contributed by atoms with Crippen molar-refractivity contribution < 1.29 is 13.2 Å². The highest BCUT2D eigenvalue weighted by molar-refractivity contribution is 9.10. The molecule has 0 saturated heterocycles. The van der Waals surface area contributed by atoms with Crippen molar-refractivity contribution in [2.24, 2.45) is 5.92 Å². The fourth-order valence-electron chi connectivity index (χ4n) is 2.37. The third kappa shape index (κ3) is 2.99. The molecular formula is C13H15BrF3N. The molecule has 0 aliphatic heterocycles. The Morgan fingerprint density at radius 3 is 2.56 bits per heavy atom. The van der Waals surface area contributed by atoms with E-state index in [4.69, 9.17) is 0 Å². The summed E-state index contributed by atoms with van der Waals surface area (Å²) in [5.74, 6) is 0.506. The molecule has 1 saturated carbocycles. The van der Waals surface area contributed by atoms with Crippen LogP contribution in [0.4, 0.5) is 18.9 Å². The molecule has 5 heteroatoms. The molecule has 2 rings (SSSR count). The Kier molecular flexibility index (Phi) is 3.90. The van der Waals surface area contributed by atoms with E-state index in [0.717, 1.165) is 25.3 Å². The van der Waals surface area contributed by atoms with E-state index in [9.17, 15) is 13.2 Å². The molecule has 1 aromatic carbocycles. The van der Waals surface area contributed by atoms with Gasteiger partial charge in [0.1, 0.15) is 0 Å². The van der Waals surface area contributed by atoms with Gasteiger partial charge in [-0.1, -0.05) is 13.3 Å². The molecular weight excluding hydrogens is 307 g/mol. The number of anilines is 1. The molecule has 2 unspecified atom stereocenters. The molecule has 1 aromatic rings. The van der Waals surface area contributed by atoms with Gasteiger partial charge in [-0.15, -0.1) is 0 Å². The summed E-state index contributed by atoms with van der Waals surface area (Å²) in [5, 5.41) is 3.22. The monoisotopic (exact) mass is 321 g/mol. The first-order chi connectivity index (χ1) is 8.38. The average Bonchev–Trinajstić information content (AvgIpc) is 2.66. The third-order valence-corrected chi connectivity index (χ3v) is 4.19. The molecule has 1 aliphatic rings. The summed E-state index contributed by atoms with van der Waals surface area (Å²) in [6, 6.07) is 3.98. The van der Waals surface area contributed by atoms with Crippen molar-refractivity contribution in [3.8, 4) is 0 Å². The highest BCUT2D eigenvalue weighted by Gasteiger charge is 2.31. The number of hydrogen-bond acceptors (Lipinski definition) is 1. The molecule has 0 amide bonds. The van der Waals surface area contributed by atoms with Crippen molar-refractivity contribution in [1.29, 1.82) is 0 Å². The van der Waals surface area contributed by atoms with Gasteiger partial charge in [0.05, 0.1) is 5.56 Å². The van der Waals surface area contributed by atoms with Crippen molar-refractivity contribution >= 4 is 21.6 Å². The van der Waals surface area contributed by atoms with Crippen molar-refractivity contribution in [2.75, 3.05) is 5.32 Å². The Labute approximate surface area is 113 Å². The number of alkyl halides is 3. The highest BCUT2D eigenvalue weighted by atomic mass is 79.9. The van der Waals surface area contributed by atoms with Crippen LogP contribution in [-0.4, -0.2) is 6.04 Å². The van der Waals surface area contributed by atoms with Crippen LogP contribution in [0.25, 0.3) is 0 Å². The Morgan fingerprint density at radius 2 is 2.00 bits per heavy atom. The smallest absolute Gasteiger partial charge is 0.381 e. The first kappa shape index (κ1) is 13.7. The zero-order chi connectivity index (χ0) is 13.3. The number of nitrogens with one attached hydrogen (secondary N) is 1. The van der Waals surface area contributed by atoms with Gasteiger partial charge >= 0.3 is 6.18 Å². The van der Waals surface area contributed by atoms with Crippen LogP contribution in [0.2, 0.25) is 0 Å². The van der Waals surface area contributed by atoms with Crippen molar-refractivity contribution in [1.82, 2.24) is 0 Å². The molecule has 18 heavy (non-hydrogen) atoms. The Bertz CT molecular complexity index is 431. The van der Waals surface area contributed by atoms with Gasteiger partial charge in [-0.05, 0) is 52.9 Å². The van der Waals surface area contributed by atoms with E-state index in [0.29, 0.717) is 16.1 Å². The van der Waals surface area contributed by atoms with Gasteiger partial charge in [-0.3, -0.25) is 0 Å². The van der Waals surface area contributed by atoms with Gasteiger partial charge in [-0.2, -0.15) is 13.2 Å². The fraction of sp³-hybridized carbons (Fsp3) is 0.538. The maximum absolute atomic E-state index is 12.6. The maximum Gasteiger partial charge on any atom is 0.416 e. The Hall–Kier alpha value is -0.710. The zero-order valence-corrected chi connectivity index (χ0v) is 11.6. The fourth-order valence-corrected chi connectivity index (χ4v) is 2.73. The summed E-state index contributed by atoms with van der Waals surface area (Å²) >= 11 is 3.29. The van der Waals surface area contributed by atoms with E-state index >= 15 is 0 Å². The standard InChI is InChI=1S/C13H15BrF3N/c1-8-3-2-4-11(8)18-12-7-9(13(15,16)17)5-6-10(12)14/h5-8,11,18H,2-4H2,1H3. The number of benzene rings is 1. The van der Waals surface area contributed by atoms with Gasteiger partial charge in [0.2, 0.25) is 0 Å². The summed E-state index contributed by atoms with van der Waals surface area (Å²) < 4.78 is 38.6. The summed E-state index contributed by atoms with van der Waals surface area (Å²) in [5.41, 5.74) is -0.0811. The Balaban J connectivity index is 2.21. The molecule has 1 aliphatic carbocycles. The van der Waals surface area contributed by atoms with Crippen LogP contribution < -0.4 is 5.32 Å². The maximum atomic E-state index is 12.6. The predicted octanol–water partition coefficient (Wildman–Crippen LogP) is 5.07. The first-order valence-corrected chi connectivity index (χ1v) is 6.80. The molecule has 2 atom stereocenters. The van der Waals surface area contributed by atoms with Crippen molar-refractivity contribution in [2.45, 2.75) is 38.4 Å². The van der Waals surface area contributed by atoms with E-state index < -0.39 is 11.7 Å². The van der Waals surface area contributed by atoms with E-state index in [1.807, 2.05) is 0 Å². The SMILES string of the molecule is CC1CCCC1Nc1cc(C(F)(F)F)ccc1Br. The van der Waals surface area contributed by atoms with Gasteiger partial charge < -0.3 is 5.32 Å². The summed E-state index contributed by atoms with van der Waals surface area (Å²) in [7, 11) is 0. The van der Waals surface area contributed by atoms with Gasteiger partial charge in [0.25, 0.3) is 0 Å². The second-order valence-electron chi connectivity index (χ2n) is 4.85.